The fourth-order valence-corrected chi connectivity index (χ4v) is 3.78. The lowest BCUT2D eigenvalue weighted by Crippen LogP contribution is -2.27. The molecule has 2 aromatic carbocycles. The molecule has 0 saturated carbocycles. The molecule has 0 aliphatic carbocycles. The normalized spacial score (nSPS) is 11.4. The van der Waals surface area contributed by atoms with Gasteiger partial charge in [0.25, 0.3) is 0 Å². The second-order valence-corrected chi connectivity index (χ2v) is 8.16. The van der Waals surface area contributed by atoms with Crippen molar-refractivity contribution < 1.29 is 17.6 Å². The zero-order valence-electron chi connectivity index (χ0n) is 15.1. The summed E-state index contributed by atoms with van der Waals surface area (Å²) in [4.78, 5) is 12.1. The van der Waals surface area contributed by atoms with E-state index in [9.17, 15) is 17.6 Å². The fraction of sp³-hybridized carbons (Fsp3) is 0.176. The predicted molar refractivity (Wildman–Crippen MR) is 104 cm³/mol. The number of benzene rings is 2. The van der Waals surface area contributed by atoms with Gasteiger partial charge in [0.05, 0.1) is 4.90 Å². The fourth-order valence-electron chi connectivity index (χ4n) is 2.45. The van der Waals surface area contributed by atoms with Gasteiger partial charge in [0.1, 0.15) is 11.5 Å². The van der Waals surface area contributed by atoms with Gasteiger partial charge in [-0.3, -0.25) is 4.79 Å². The summed E-state index contributed by atoms with van der Waals surface area (Å²) >= 11 is 5.80. The van der Waals surface area contributed by atoms with Crippen molar-refractivity contribution in [2.75, 3.05) is 11.9 Å². The molecule has 0 spiro atoms. The van der Waals surface area contributed by atoms with Crippen LogP contribution in [0, 0.1) is 12.7 Å². The third-order valence-corrected chi connectivity index (χ3v) is 5.53. The van der Waals surface area contributed by atoms with E-state index in [0.29, 0.717) is 11.5 Å². The average molecular weight is 439 g/mol. The summed E-state index contributed by atoms with van der Waals surface area (Å²) < 4.78 is 42.0. The van der Waals surface area contributed by atoms with Crippen LogP contribution in [-0.4, -0.2) is 41.1 Å². The average Bonchev–Trinajstić information content (AvgIpc) is 3.09. The van der Waals surface area contributed by atoms with Crippen LogP contribution in [0.25, 0.3) is 5.69 Å². The number of amides is 1. The van der Waals surface area contributed by atoms with Gasteiger partial charge in [-0.1, -0.05) is 17.7 Å². The van der Waals surface area contributed by atoms with E-state index >= 15 is 0 Å². The lowest BCUT2D eigenvalue weighted by molar-refractivity contribution is -0.116. The zero-order valence-corrected chi connectivity index (χ0v) is 16.7. The summed E-state index contributed by atoms with van der Waals surface area (Å²) in [6, 6.07) is 9.72. The van der Waals surface area contributed by atoms with Crippen LogP contribution in [0.1, 0.15) is 12.2 Å². The first kappa shape index (κ1) is 20.8. The van der Waals surface area contributed by atoms with E-state index in [-0.39, 0.29) is 28.6 Å². The number of hydrogen-bond acceptors (Lipinski definition) is 6. The number of anilines is 1. The highest BCUT2D eigenvalue weighted by molar-refractivity contribution is 7.89. The zero-order chi connectivity index (χ0) is 21.0. The van der Waals surface area contributed by atoms with Crippen molar-refractivity contribution in [3.63, 3.8) is 0 Å². The molecule has 3 aromatic rings. The third-order valence-electron chi connectivity index (χ3n) is 3.83. The summed E-state index contributed by atoms with van der Waals surface area (Å²) in [5.41, 5.74) is 0.394. The topological polar surface area (TPSA) is 119 Å². The Morgan fingerprint density at radius 3 is 2.72 bits per heavy atom. The first-order valence-electron chi connectivity index (χ1n) is 8.36. The number of carbonyl (C=O) groups excluding carboxylic acids is 1. The molecule has 9 nitrogen and oxygen atoms in total. The summed E-state index contributed by atoms with van der Waals surface area (Å²) in [5, 5.41) is 13.7. The van der Waals surface area contributed by atoms with Gasteiger partial charge in [-0.25, -0.2) is 17.5 Å². The first-order chi connectivity index (χ1) is 13.8. The minimum Gasteiger partial charge on any atom is -0.326 e. The maximum Gasteiger partial charge on any atom is 0.240 e. The number of halogens is 2. The van der Waals surface area contributed by atoms with Crippen LogP contribution in [0.5, 0.6) is 0 Å². The molecule has 0 atom stereocenters. The number of rotatable bonds is 7. The van der Waals surface area contributed by atoms with E-state index < -0.39 is 21.7 Å². The summed E-state index contributed by atoms with van der Waals surface area (Å²) in [6.45, 7) is 1.48. The molecular weight excluding hydrogens is 423 g/mol. The predicted octanol–water partition coefficient (Wildman–Crippen LogP) is 2.07. The lowest BCUT2D eigenvalue weighted by Gasteiger charge is -2.10. The van der Waals surface area contributed by atoms with Gasteiger partial charge in [-0.15, -0.1) is 5.10 Å². The Morgan fingerprint density at radius 1 is 1.24 bits per heavy atom. The highest BCUT2D eigenvalue weighted by Gasteiger charge is 2.15. The SMILES string of the molecule is Cc1nnnn1-c1cc(NC(=O)CCNS(=O)(=O)c2cccc(Cl)c2)ccc1F. The van der Waals surface area contributed by atoms with Gasteiger partial charge in [-0.2, -0.15) is 4.68 Å². The summed E-state index contributed by atoms with van der Waals surface area (Å²) in [5.74, 6) is -0.639. The van der Waals surface area contributed by atoms with Gasteiger partial charge >= 0.3 is 0 Å². The molecule has 1 heterocycles. The van der Waals surface area contributed by atoms with Gasteiger partial charge < -0.3 is 5.32 Å². The van der Waals surface area contributed by atoms with Crippen molar-refractivity contribution in [3.8, 4) is 5.69 Å². The number of aryl methyl sites for hydroxylation is 1. The van der Waals surface area contributed by atoms with Crippen molar-refractivity contribution >= 4 is 33.2 Å². The Kier molecular flexibility index (Phi) is 6.20. The Balaban J connectivity index is 1.61. The van der Waals surface area contributed by atoms with Crippen LogP contribution >= 0.6 is 11.6 Å². The largest absolute Gasteiger partial charge is 0.326 e. The number of nitrogens with zero attached hydrogens (tertiary/aromatic N) is 4. The maximum atomic E-state index is 14.1. The third kappa shape index (κ3) is 5.13. The molecule has 0 aliphatic heterocycles. The van der Waals surface area contributed by atoms with E-state index in [1.165, 1.54) is 41.1 Å². The first-order valence-corrected chi connectivity index (χ1v) is 10.2. The van der Waals surface area contributed by atoms with Gasteiger partial charge in [0, 0.05) is 23.7 Å². The van der Waals surface area contributed by atoms with Crippen LogP contribution in [0.4, 0.5) is 10.1 Å². The number of nitrogens with one attached hydrogen (secondary N) is 2. The number of hydrogen-bond donors (Lipinski definition) is 2. The Bertz CT molecular complexity index is 1150. The molecule has 1 amide bonds. The number of sulfonamides is 1. The number of carbonyl (C=O) groups is 1. The van der Waals surface area contributed by atoms with E-state index in [2.05, 4.69) is 25.6 Å². The lowest BCUT2D eigenvalue weighted by atomic mass is 10.2. The van der Waals surface area contributed by atoms with E-state index in [4.69, 9.17) is 11.6 Å². The minimum absolute atomic E-state index is 0.00500. The molecule has 0 aliphatic rings. The molecule has 29 heavy (non-hydrogen) atoms. The highest BCUT2D eigenvalue weighted by Crippen LogP contribution is 2.19. The van der Waals surface area contributed by atoms with Crippen LogP contribution in [-0.2, 0) is 14.8 Å². The van der Waals surface area contributed by atoms with Crippen molar-refractivity contribution in [1.29, 1.82) is 0 Å². The second kappa shape index (κ2) is 8.64. The number of tetrazole rings is 1. The number of aromatic nitrogens is 4. The highest BCUT2D eigenvalue weighted by atomic mass is 35.5. The summed E-state index contributed by atoms with van der Waals surface area (Å²) in [6.07, 6.45) is -0.129. The van der Waals surface area contributed by atoms with Gasteiger partial charge in [0.2, 0.25) is 15.9 Å². The van der Waals surface area contributed by atoms with E-state index in [1.54, 1.807) is 13.0 Å². The van der Waals surface area contributed by atoms with E-state index in [1.807, 2.05) is 0 Å². The Labute approximate surface area is 170 Å². The summed E-state index contributed by atoms with van der Waals surface area (Å²) in [7, 11) is -3.79. The van der Waals surface area contributed by atoms with Crippen molar-refractivity contribution in [3.05, 3.63) is 59.1 Å². The van der Waals surface area contributed by atoms with Gasteiger partial charge in [-0.05, 0) is 53.7 Å². The van der Waals surface area contributed by atoms with Crippen LogP contribution in [0.15, 0.2) is 47.4 Å². The molecular formula is C17H16ClFN6O3S. The van der Waals surface area contributed by atoms with Crippen LogP contribution in [0.3, 0.4) is 0 Å². The van der Waals surface area contributed by atoms with Crippen LogP contribution in [0.2, 0.25) is 5.02 Å². The minimum atomic E-state index is -3.79. The molecule has 2 N–H and O–H groups in total. The van der Waals surface area contributed by atoms with Crippen LogP contribution < -0.4 is 10.0 Å². The van der Waals surface area contributed by atoms with E-state index in [0.717, 1.165) is 0 Å². The molecule has 0 saturated heterocycles. The molecule has 0 radical (unpaired) electrons. The smallest absolute Gasteiger partial charge is 0.240 e. The quantitative estimate of drug-likeness (QED) is 0.582. The molecule has 3 rings (SSSR count). The second-order valence-electron chi connectivity index (χ2n) is 5.96. The van der Waals surface area contributed by atoms with Crippen molar-refractivity contribution in [2.45, 2.75) is 18.2 Å². The molecule has 0 bridgehead atoms. The van der Waals surface area contributed by atoms with Gasteiger partial charge in [0.15, 0.2) is 5.82 Å². The molecule has 0 fully saturated rings. The van der Waals surface area contributed by atoms with Crippen molar-refractivity contribution in [1.82, 2.24) is 24.9 Å². The molecule has 12 heteroatoms. The maximum absolute atomic E-state index is 14.1. The van der Waals surface area contributed by atoms with Crippen molar-refractivity contribution in [2.24, 2.45) is 0 Å². The Morgan fingerprint density at radius 2 is 2.03 bits per heavy atom. The molecule has 1 aromatic heterocycles. The monoisotopic (exact) mass is 438 g/mol. The molecule has 0 unspecified atom stereocenters. The molecule has 152 valence electrons. The Hall–Kier alpha value is -2.89. The standard InChI is InChI=1S/C17H16ClFN6O3S/c1-11-22-23-24-25(11)16-10-13(5-6-15(16)19)21-17(26)7-8-20-29(27,28)14-4-2-3-12(18)9-14/h2-6,9-10,20H,7-8H2,1H3,(H,21,26).